The molecule has 0 aliphatic carbocycles. The summed E-state index contributed by atoms with van der Waals surface area (Å²) in [4.78, 5) is 26.6. The highest BCUT2D eigenvalue weighted by atomic mass is 16.4. The monoisotopic (exact) mass is 348 g/mol. The van der Waals surface area contributed by atoms with Crippen LogP contribution < -0.4 is 0 Å². The molecule has 0 amide bonds. The lowest BCUT2D eigenvalue weighted by Crippen LogP contribution is -2.01. The van der Waals surface area contributed by atoms with Crippen molar-refractivity contribution in [1.29, 1.82) is 0 Å². The van der Waals surface area contributed by atoms with Gasteiger partial charge in [0.25, 0.3) is 0 Å². The molecule has 130 valence electrons. The van der Waals surface area contributed by atoms with E-state index in [9.17, 15) is 14.7 Å². The van der Waals surface area contributed by atoms with Crippen molar-refractivity contribution < 1.29 is 19.8 Å². The Morgan fingerprint density at radius 1 is 0.962 bits per heavy atom. The van der Waals surface area contributed by atoms with E-state index in [0.29, 0.717) is 11.3 Å². The van der Waals surface area contributed by atoms with Crippen LogP contribution in [0.4, 0.5) is 5.69 Å². The predicted molar refractivity (Wildman–Crippen MR) is 98.1 cm³/mol. The van der Waals surface area contributed by atoms with Gasteiger partial charge in [-0.25, -0.2) is 9.59 Å². The quantitative estimate of drug-likeness (QED) is 0.683. The number of hydrogen-bond acceptors (Lipinski definition) is 3. The van der Waals surface area contributed by atoms with Gasteiger partial charge in [0.15, 0.2) is 0 Å². The number of carboxylic acid groups (broad SMARTS) is 2. The maximum Gasteiger partial charge on any atom is 0.336 e. The van der Waals surface area contributed by atoms with E-state index in [2.05, 4.69) is 4.99 Å². The van der Waals surface area contributed by atoms with E-state index >= 15 is 0 Å². The van der Waals surface area contributed by atoms with E-state index in [1.54, 1.807) is 55.6 Å². The minimum absolute atomic E-state index is 0.220. The predicted octanol–water partition coefficient (Wildman–Crippen LogP) is 3.93. The summed E-state index contributed by atoms with van der Waals surface area (Å²) >= 11 is 0. The van der Waals surface area contributed by atoms with Gasteiger partial charge in [-0.2, -0.15) is 0 Å². The molecule has 0 unspecified atom stereocenters. The average molecular weight is 348 g/mol. The van der Waals surface area contributed by atoms with Gasteiger partial charge < -0.3 is 14.8 Å². The lowest BCUT2D eigenvalue weighted by atomic mass is 10.1. The summed E-state index contributed by atoms with van der Waals surface area (Å²) in [6.07, 6.45) is 3.50. The summed E-state index contributed by atoms with van der Waals surface area (Å²) in [5.41, 5.74) is 3.21. The fourth-order valence-corrected chi connectivity index (χ4v) is 2.63. The zero-order chi connectivity index (χ0) is 18.7. The van der Waals surface area contributed by atoms with Crippen LogP contribution in [0.25, 0.3) is 5.69 Å². The number of aromatic nitrogens is 1. The number of aromatic carboxylic acids is 2. The lowest BCUT2D eigenvalue weighted by Gasteiger charge is -2.07. The second kappa shape index (κ2) is 7.06. The smallest absolute Gasteiger partial charge is 0.336 e. The summed E-state index contributed by atoms with van der Waals surface area (Å²) in [7, 11) is 0. The maximum atomic E-state index is 11.2. The van der Waals surface area contributed by atoms with Crippen molar-refractivity contribution >= 4 is 23.8 Å². The Morgan fingerprint density at radius 3 is 2.35 bits per heavy atom. The number of rotatable bonds is 5. The molecular weight excluding hydrogens is 332 g/mol. The Bertz CT molecular complexity index is 1000. The molecule has 0 saturated heterocycles. The number of hydrogen-bond donors (Lipinski definition) is 2. The van der Waals surface area contributed by atoms with Crippen molar-refractivity contribution in [1.82, 2.24) is 4.57 Å². The van der Waals surface area contributed by atoms with Gasteiger partial charge in [0.05, 0.1) is 28.7 Å². The van der Waals surface area contributed by atoms with Crippen LogP contribution in [-0.4, -0.2) is 32.9 Å². The van der Waals surface area contributed by atoms with Crippen molar-refractivity contribution in [3.63, 3.8) is 0 Å². The first-order valence-electron chi connectivity index (χ1n) is 7.85. The van der Waals surface area contributed by atoms with Crippen LogP contribution in [0.1, 0.15) is 32.0 Å². The normalized spacial score (nSPS) is 11.0. The fraction of sp³-hybridized carbons (Fsp3) is 0.0500. The second-order valence-electron chi connectivity index (χ2n) is 5.67. The lowest BCUT2D eigenvalue weighted by molar-refractivity contribution is 0.0685. The summed E-state index contributed by atoms with van der Waals surface area (Å²) in [5.74, 6) is -1.96. The molecule has 0 saturated carbocycles. The minimum atomic E-state index is -0.985. The molecule has 2 aromatic carbocycles. The molecule has 0 atom stereocenters. The number of carbonyl (C=O) groups is 2. The number of benzene rings is 2. The Balaban J connectivity index is 1.92. The van der Waals surface area contributed by atoms with Crippen molar-refractivity contribution in [3.8, 4) is 5.69 Å². The summed E-state index contributed by atoms with van der Waals surface area (Å²) in [6.45, 7) is 1.72. The van der Waals surface area contributed by atoms with Crippen LogP contribution in [0, 0.1) is 6.92 Å². The molecule has 0 bridgehead atoms. The van der Waals surface area contributed by atoms with Crippen LogP contribution in [0.3, 0.4) is 0 Å². The van der Waals surface area contributed by atoms with Gasteiger partial charge >= 0.3 is 11.9 Å². The molecule has 2 N–H and O–H groups in total. The van der Waals surface area contributed by atoms with E-state index < -0.39 is 11.9 Å². The third kappa shape index (κ3) is 3.39. The minimum Gasteiger partial charge on any atom is -0.478 e. The first-order chi connectivity index (χ1) is 12.5. The Morgan fingerprint density at radius 2 is 1.69 bits per heavy atom. The molecule has 6 heteroatoms. The van der Waals surface area contributed by atoms with Crippen molar-refractivity contribution in [2.24, 2.45) is 4.99 Å². The highest BCUT2D eigenvalue weighted by Crippen LogP contribution is 2.22. The van der Waals surface area contributed by atoms with Gasteiger partial charge in [-0.3, -0.25) is 4.99 Å². The van der Waals surface area contributed by atoms with E-state index in [4.69, 9.17) is 5.11 Å². The molecule has 0 radical (unpaired) electrons. The van der Waals surface area contributed by atoms with Gasteiger partial charge in [-0.15, -0.1) is 0 Å². The number of carboxylic acids is 2. The molecule has 3 aromatic rings. The molecule has 0 aliphatic rings. The molecule has 26 heavy (non-hydrogen) atoms. The summed E-state index contributed by atoms with van der Waals surface area (Å²) < 4.78 is 1.87. The number of nitrogens with zero attached hydrogens (tertiary/aromatic N) is 2. The standard InChI is InChI=1S/C20H16N2O4/c1-13-17(20(25)26)5-2-6-18(13)21-12-16-4-3-11-22(16)15-9-7-14(8-10-15)19(23)24/h2-12H,1H3,(H,23,24)(H,25,26). The SMILES string of the molecule is Cc1c(N=Cc2cccn2-c2ccc(C(=O)O)cc2)cccc1C(=O)O. The fourth-order valence-electron chi connectivity index (χ4n) is 2.63. The third-order valence-electron chi connectivity index (χ3n) is 4.04. The van der Waals surface area contributed by atoms with Crippen molar-refractivity contribution in [2.45, 2.75) is 6.92 Å². The topological polar surface area (TPSA) is 91.9 Å². The molecule has 0 aliphatic heterocycles. The number of aliphatic imine (C=N–C) groups is 1. The van der Waals surface area contributed by atoms with Crippen LogP contribution in [0.15, 0.2) is 65.8 Å². The maximum absolute atomic E-state index is 11.2. The van der Waals surface area contributed by atoms with Crippen LogP contribution >= 0.6 is 0 Å². The van der Waals surface area contributed by atoms with E-state index in [0.717, 1.165) is 11.4 Å². The van der Waals surface area contributed by atoms with Crippen LogP contribution in [-0.2, 0) is 0 Å². The molecular formula is C20H16N2O4. The molecule has 1 aromatic heterocycles. The van der Waals surface area contributed by atoms with E-state index in [1.165, 1.54) is 0 Å². The first kappa shape index (κ1) is 17.2. The van der Waals surface area contributed by atoms with E-state index in [1.807, 2.05) is 22.9 Å². The van der Waals surface area contributed by atoms with Gasteiger partial charge in [0, 0.05) is 11.9 Å². The molecule has 3 rings (SSSR count). The van der Waals surface area contributed by atoms with Gasteiger partial charge in [0.1, 0.15) is 0 Å². The summed E-state index contributed by atoms with van der Waals surface area (Å²) in [6, 6.07) is 15.2. The molecule has 1 heterocycles. The van der Waals surface area contributed by atoms with Crippen LogP contribution in [0.5, 0.6) is 0 Å². The Labute approximate surface area is 149 Å². The van der Waals surface area contributed by atoms with Gasteiger partial charge in [-0.1, -0.05) is 6.07 Å². The molecule has 0 fully saturated rings. The molecule has 6 nitrogen and oxygen atoms in total. The highest BCUT2D eigenvalue weighted by molar-refractivity contribution is 5.91. The highest BCUT2D eigenvalue weighted by Gasteiger charge is 2.09. The third-order valence-corrected chi connectivity index (χ3v) is 4.04. The largest absolute Gasteiger partial charge is 0.478 e. The average Bonchev–Trinajstić information content (AvgIpc) is 3.09. The Hall–Kier alpha value is -3.67. The van der Waals surface area contributed by atoms with Gasteiger partial charge in [0.2, 0.25) is 0 Å². The second-order valence-corrected chi connectivity index (χ2v) is 5.67. The van der Waals surface area contributed by atoms with Crippen LogP contribution in [0.2, 0.25) is 0 Å². The van der Waals surface area contributed by atoms with Crippen molar-refractivity contribution in [3.05, 3.63) is 83.2 Å². The molecule has 0 spiro atoms. The summed E-state index contributed by atoms with van der Waals surface area (Å²) in [5, 5.41) is 18.2. The van der Waals surface area contributed by atoms with E-state index in [-0.39, 0.29) is 11.1 Å². The zero-order valence-corrected chi connectivity index (χ0v) is 14.0. The van der Waals surface area contributed by atoms with Crippen molar-refractivity contribution in [2.75, 3.05) is 0 Å². The first-order valence-corrected chi connectivity index (χ1v) is 7.85. The zero-order valence-electron chi connectivity index (χ0n) is 14.0. The Kier molecular flexibility index (Phi) is 4.66. The van der Waals surface area contributed by atoms with Gasteiger partial charge in [-0.05, 0) is 61.0 Å².